The van der Waals surface area contributed by atoms with Crippen molar-refractivity contribution in [1.29, 1.82) is 0 Å². The Labute approximate surface area is 112 Å². The smallest absolute Gasteiger partial charge is 0.339 e. The zero-order valence-electron chi connectivity index (χ0n) is 11.4. The van der Waals surface area contributed by atoms with Crippen LogP contribution in [0.2, 0.25) is 0 Å². The van der Waals surface area contributed by atoms with Gasteiger partial charge in [0.1, 0.15) is 11.9 Å². The summed E-state index contributed by atoms with van der Waals surface area (Å²) in [6.07, 6.45) is 4.33. The molecule has 0 fully saturated rings. The highest BCUT2D eigenvalue weighted by Gasteiger charge is 2.17. The van der Waals surface area contributed by atoms with E-state index in [-0.39, 0.29) is 17.6 Å². The van der Waals surface area contributed by atoms with Crippen LogP contribution in [0.4, 0.5) is 0 Å². The van der Waals surface area contributed by atoms with Gasteiger partial charge in [-0.05, 0) is 18.3 Å². The summed E-state index contributed by atoms with van der Waals surface area (Å²) in [4.78, 5) is 18.7. The summed E-state index contributed by atoms with van der Waals surface area (Å²) >= 11 is 0. The van der Waals surface area contributed by atoms with Gasteiger partial charge in [-0.2, -0.15) is 0 Å². The molecule has 0 aliphatic carbocycles. The van der Waals surface area contributed by atoms with E-state index in [1.54, 1.807) is 0 Å². The first-order chi connectivity index (χ1) is 8.96. The van der Waals surface area contributed by atoms with Crippen LogP contribution in [-0.4, -0.2) is 39.3 Å². The number of nitrogens with zero attached hydrogens (tertiary/aromatic N) is 2. The normalized spacial score (nSPS) is 11.5. The van der Waals surface area contributed by atoms with Gasteiger partial charge in [-0.1, -0.05) is 13.8 Å². The Morgan fingerprint density at radius 1 is 1.47 bits per heavy atom. The molecular formula is C13H21N3O3. The van der Waals surface area contributed by atoms with E-state index in [9.17, 15) is 4.79 Å². The van der Waals surface area contributed by atoms with Gasteiger partial charge >= 0.3 is 5.97 Å². The second kappa shape index (κ2) is 7.16. The summed E-state index contributed by atoms with van der Waals surface area (Å²) in [6, 6.07) is 0. The molecule has 0 unspecified atom stereocenters. The van der Waals surface area contributed by atoms with E-state index < -0.39 is 5.97 Å². The Balaban J connectivity index is 2.51. The predicted octanol–water partition coefficient (Wildman–Crippen LogP) is 1.06. The number of carboxylic acid groups (broad SMARTS) is 1. The van der Waals surface area contributed by atoms with Gasteiger partial charge in [0.25, 0.3) is 0 Å². The fourth-order valence-corrected chi connectivity index (χ4v) is 1.84. The zero-order valence-corrected chi connectivity index (χ0v) is 11.4. The van der Waals surface area contributed by atoms with Crippen molar-refractivity contribution in [2.75, 3.05) is 13.2 Å². The highest BCUT2D eigenvalue weighted by molar-refractivity contribution is 5.88. The summed E-state index contributed by atoms with van der Waals surface area (Å²) < 4.78 is 0. The number of aromatic nitrogens is 2. The molecule has 1 heterocycles. The number of hydrogen-bond donors (Lipinski definition) is 3. The minimum Gasteiger partial charge on any atom is -0.478 e. The molecule has 6 nitrogen and oxygen atoms in total. The Hall–Kier alpha value is -1.53. The van der Waals surface area contributed by atoms with Gasteiger partial charge < -0.3 is 15.5 Å². The molecule has 3 N–H and O–H groups in total. The molecule has 106 valence electrons. The molecule has 6 heteroatoms. The Morgan fingerprint density at radius 3 is 2.84 bits per heavy atom. The fraction of sp³-hybridized carbons (Fsp3) is 0.615. The van der Waals surface area contributed by atoms with Crippen LogP contribution in [0.1, 0.15) is 42.7 Å². The van der Waals surface area contributed by atoms with Crippen LogP contribution in [0.3, 0.4) is 0 Å². The number of hydrogen-bond acceptors (Lipinski definition) is 5. The van der Waals surface area contributed by atoms with Crippen LogP contribution in [0, 0.1) is 5.41 Å². The maximum absolute atomic E-state index is 11.0. The maximum atomic E-state index is 11.0. The topological polar surface area (TPSA) is 95.3 Å². The molecule has 0 saturated carbocycles. The number of aliphatic hydroxyl groups is 1. The molecule has 1 aromatic heterocycles. The zero-order chi connectivity index (χ0) is 14.3. The lowest BCUT2D eigenvalue weighted by atomic mass is 9.88. The van der Waals surface area contributed by atoms with Crippen molar-refractivity contribution in [3.63, 3.8) is 0 Å². The molecule has 0 amide bonds. The first-order valence-electron chi connectivity index (χ1n) is 6.30. The molecule has 0 bridgehead atoms. The highest BCUT2D eigenvalue weighted by atomic mass is 16.4. The number of nitrogens with one attached hydrogen (secondary N) is 1. The number of carbonyl (C=O) groups is 1. The Kier molecular flexibility index (Phi) is 5.85. The van der Waals surface area contributed by atoms with Crippen LogP contribution in [0.15, 0.2) is 12.5 Å². The van der Waals surface area contributed by atoms with Crippen LogP contribution < -0.4 is 5.32 Å². The van der Waals surface area contributed by atoms with Gasteiger partial charge in [0.15, 0.2) is 0 Å². The van der Waals surface area contributed by atoms with Gasteiger partial charge in [0, 0.05) is 25.9 Å². The summed E-state index contributed by atoms with van der Waals surface area (Å²) in [5.41, 5.74) is 0.669. The van der Waals surface area contributed by atoms with Gasteiger partial charge in [-0.3, -0.25) is 0 Å². The number of rotatable bonds is 8. The molecule has 0 aliphatic heterocycles. The monoisotopic (exact) mass is 267 g/mol. The lowest BCUT2D eigenvalue weighted by molar-refractivity contribution is 0.0694. The van der Waals surface area contributed by atoms with Gasteiger partial charge in [0.05, 0.1) is 5.69 Å². The maximum Gasteiger partial charge on any atom is 0.339 e. The van der Waals surface area contributed by atoms with Crippen molar-refractivity contribution >= 4 is 5.97 Å². The van der Waals surface area contributed by atoms with Crippen LogP contribution >= 0.6 is 0 Å². The quantitative estimate of drug-likeness (QED) is 0.652. The Morgan fingerprint density at radius 2 is 2.21 bits per heavy atom. The lowest BCUT2D eigenvalue weighted by Gasteiger charge is -2.24. The summed E-state index contributed by atoms with van der Waals surface area (Å²) in [7, 11) is 0. The fourth-order valence-electron chi connectivity index (χ4n) is 1.84. The van der Waals surface area contributed by atoms with E-state index >= 15 is 0 Å². The van der Waals surface area contributed by atoms with Crippen LogP contribution in [-0.2, 0) is 6.54 Å². The molecule has 0 radical (unpaired) electrons. The van der Waals surface area contributed by atoms with Crippen molar-refractivity contribution in [1.82, 2.24) is 15.3 Å². The van der Waals surface area contributed by atoms with E-state index in [1.165, 1.54) is 12.5 Å². The van der Waals surface area contributed by atoms with Crippen molar-refractivity contribution in [2.24, 2.45) is 5.41 Å². The molecule has 0 spiro atoms. The second-order valence-electron chi connectivity index (χ2n) is 5.28. The summed E-state index contributed by atoms with van der Waals surface area (Å²) in [6.45, 7) is 5.53. The van der Waals surface area contributed by atoms with E-state index in [0.29, 0.717) is 12.2 Å². The molecule has 19 heavy (non-hydrogen) atoms. The third-order valence-corrected chi connectivity index (χ3v) is 2.93. The van der Waals surface area contributed by atoms with Crippen molar-refractivity contribution in [2.45, 2.75) is 33.2 Å². The molecular weight excluding hydrogens is 246 g/mol. The minimum absolute atomic E-state index is 0.0547. The van der Waals surface area contributed by atoms with Crippen molar-refractivity contribution in [3.05, 3.63) is 23.8 Å². The lowest BCUT2D eigenvalue weighted by Crippen LogP contribution is -2.30. The summed E-state index contributed by atoms with van der Waals surface area (Å²) in [5, 5.41) is 21.0. The average molecular weight is 267 g/mol. The Bertz CT molecular complexity index is 421. The summed E-state index contributed by atoms with van der Waals surface area (Å²) in [5.74, 6) is -1.02. The van der Waals surface area contributed by atoms with E-state index in [4.69, 9.17) is 10.2 Å². The predicted molar refractivity (Wildman–Crippen MR) is 70.8 cm³/mol. The SMILES string of the molecule is CC(C)(CCCO)CNCc1ncncc1C(=O)O. The molecule has 1 rings (SSSR count). The van der Waals surface area contributed by atoms with Crippen LogP contribution in [0.5, 0.6) is 0 Å². The molecule has 0 aliphatic rings. The average Bonchev–Trinajstić information content (AvgIpc) is 2.36. The van der Waals surface area contributed by atoms with Gasteiger partial charge in [-0.15, -0.1) is 0 Å². The van der Waals surface area contributed by atoms with E-state index in [1.807, 2.05) is 0 Å². The van der Waals surface area contributed by atoms with E-state index in [0.717, 1.165) is 19.4 Å². The molecule has 0 aromatic carbocycles. The standard InChI is InChI=1S/C13H21N3O3/c1-13(2,4-3-5-17)8-14-7-11-10(12(18)19)6-15-9-16-11/h6,9,14,17H,3-5,7-8H2,1-2H3,(H,18,19). The first kappa shape index (κ1) is 15.5. The number of aliphatic hydroxyl groups excluding tert-OH is 1. The molecule has 1 aromatic rings. The third kappa shape index (κ3) is 5.32. The van der Waals surface area contributed by atoms with Crippen molar-refractivity contribution < 1.29 is 15.0 Å². The minimum atomic E-state index is -1.02. The molecule has 0 saturated heterocycles. The van der Waals surface area contributed by atoms with Gasteiger partial charge in [-0.25, -0.2) is 14.8 Å². The third-order valence-electron chi connectivity index (χ3n) is 2.93. The highest BCUT2D eigenvalue weighted by Crippen LogP contribution is 2.20. The largest absolute Gasteiger partial charge is 0.478 e. The number of aromatic carboxylic acids is 1. The van der Waals surface area contributed by atoms with Crippen LogP contribution in [0.25, 0.3) is 0 Å². The molecule has 0 atom stereocenters. The first-order valence-corrected chi connectivity index (χ1v) is 6.30. The van der Waals surface area contributed by atoms with Gasteiger partial charge in [0.2, 0.25) is 0 Å². The second-order valence-corrected chi connectivity index (χ2v) is 5.28. The van der Waals surface area contributed by atoms with Crippen molar-refractivity contribution in [3.8, 4) is 0 Å². The number of carboxylic acids is 1. The van der Waals surface area contributed by atoms with E-state index in [2.05, 4.69) is 29.1 Å².